The number of unbranched alkanes of at least 4 members (excludes halogenated alkanes) is 2. The molecule has 0 bridgehead atoms. The molecule has 2 fully saturated rings. The van der Waals surface area contributed by atoms with Crippen molar-refractivity contribution >= 4 is 5.97 Å². The molecule has 0 aromatic heterocycles. The second-order valence-electron chi connectivity index (χ2n) is 6.63. The van der Waals surface area contributed by atoms with Crippen LogP contribution in [0, 0.1) is 0 Å². The Labute approximate surface area is 146 Å². The normalized spacial score (nSPS) is 38.8. The monoisotopic (exact) mass is 363 g/mol. The minimum absolute atomic E-state index is 0.167. The van der Waals surface area contributed by atoms with Gasteiger partial charge in [0.1, 0.15) is 24.4 Å². The van der Waals surface area contributed by atoms with Crippen LogP contribution in [0.4, 0.5) is 0 Å². The Bertz CT molecular complexity index is 423. The Morgan fingerprint density at radius 1 is 1.08 bits per heavy atom. The molecule has 0 aromatic rings. The fourth-order valence-electron chi connectivity index (χ4n) is 3.02. The third-order valence-electron chi connectivity index (χ3n) is 4.59. The topological polar surface area (TPSA) is 138 Å². The van der Waals surface area contributed by atoms with Crippen LogP contribution in [0.1, 0.15) is 32.6 Å². The van der Waals surface area contributed by atoms with Crippen molar-refractivity contribution in [3.05, 3.63) is 0 Å². The number of carbonyl (C=O) groups is 1. The summed E-state index contributed by atoms with van der Waals surface area (Å²) in [6, 6.07) is 0. The molecule has 5 N–H and O–H groups in total. The van der Waals surface area contributed by atoms with Crippen LogP contribution in [0.2, 0.25) is 0 Å². The molecule has 2 heterocycles. The lowest BCUT2D eigenvalue weighted by atomic mass is 10.00. The molecule has 0 saturated carbocycles. The fourth-order valence-corrected chi connectivity index (χ4v) is 3.02. The third kappa shape index (κ3) is 5.85. The van der Waals surface area contributed by atoms with Gasteiger partial charge in [-0.25, -0.2) is 0 Å². The lowest BCUT2D eigenvalue weighted by molar-refractivity contribution is -0.307. The number of aliphatic hydroxyl groups excluding tert-OH is 3. The van der Waals surface area contributed by atoms with Gasteiger partial charge in [0.15, 0.2) is 6.29 Å². The van der Waals surface area contributed by atoms with Crippen molar-refractivity contribution in [3.8, 4) is 0 Å². The molecule has 9 nitrogen and oxygen atoms in total. The lowest BCUT2D eigenvalue weighted by Gasteiger charge is -2.40. The Hall–Kier alpha value is -0.810. The van der Waals surface area contributed by atoms with Crippen LogP contribution in [0.3, 0.4) is 0 Å². The molecule has 25 heavy (non-hydrogen) atoms. The molecule has 0 radical (unpaired) electrons. The van der Waals surface area contributed by atoms with E-state index in [0.717, 1.165) is 12.8 Å². The van der Waals surface area contributed by atoms with Crippen LogP contribution >= 0.6 is 0 Å². The maximum Gasteiger partial charge on any atom is 0.303 e. The van der Waals surface area contributed by atoms with E-state index in [9.17, 15) is 20.1 Å². The number of hydrogen-bond donors (Lipinski definition) is 5. The first-order valence-corrected chi connectivity index (χ1v) is 8.79. The first-order chi connectivity index (χ1) is 11.9. The zero-order chi connectivity index (χ0) is 18.4. The lowest BCUT2D eigenvalue weighted by Crippen LogP contribution is -2.58. The van der Waals surface area contributed by atoms with E-state index in [-0.39, 0.29) is 18.6 Å². The molecule has 2 unspecified atom stereocenters. The van der Waals surface area contributed by atoms with Crippen molar-refractivity contribution in [2.75, 3.05) is 19.7 Å². The van der Waals surface area contributed by atoms with E-state index in [2.05, 4.69) is 5.32 Å². The molecule has 0 spiro atoms. The predicted octanol–water partition coefficient (Wildman–Crippen LogP) is -1.17. The fraction of sp³-hybridized carbons (Fsp3) is 0.938. The number of nitrogens with one attached hydrogen (secondary N) is 1. The molecule has 7 atom stereocenters. The molecule has 9 heteroatoms. The summed E-state index contributed by atoms with van der Waals surface area (Å²) in [5.74, 6) is -0.790. The molecule has 146 valence electrons. The highest BCUT2D eigenvalue weighted by atomic mass is 16.7. The summed E-state index contributed by atoms with van der Waals surface area (Å²) in [5.41, 5.74) is 0. The van der Waals surface area contributed by atoms with E-state index < -0.39 is 36.7 Å². The van der Waals surface area contributed by atoms with Gasteiger partial charge in [0.2, 0.25) is 0 Å². The maximum absolute atomic E-state index is 10.4. The molecule has 0 aliphatic carbocycles. The molecule has 2 rings (SSSR count). The number of carboxylic acid groups (broad SMARTS) is 1. The van der Waals surface area contributed by atoms with Gasteiger partial charge in [-0.1, -0.05) is 6.42 Å². The summed E-state index contributed by atoms with van der Waals surface area (Å²) in [6.45, 7) is 3.23. The van der Waals surface area contributed by atoms with Crippen LogP contribution in [0.5, 0.6) is 0 Å². The number of aliphatic carboxylic acids is 1. The van der Waals surface area contributed by atoms with Gasteiger partial charge in [-0.2, -0.15) is 0 Å². The van der Waals surface area contributed by atoms with Gasteiger partial charge in [0.25, 0.3) is 0 Å². The van der Waals surface area contributed by atoms with Crippen molar-refractivity contribution in [3.63, 3.8) is 0 Å². The molecule has 0 amide bonds. The summed E-state index contributed by atoms with van der Waals surface area (Å²) < 4.78 is 17.0. The Morgan fingerprint density at radius 3 is 2.52 bits per heavy atom. The minimum atomic E-state index is -1.33. The Morgan fingerprint density at radius 2 is 1.80 bits per heavy atom. The van der Waals surface area contributed by atoms with Gasteiger partial charge >= 0.3 is 5.97 Å². The van der Waals surface area contributed by atoms with Crippen LogP contribution in [-0.4, -0.2) is 89.0 Å². The van der Waals surface area contributed by atoms with Crippen LogP contribution in [-0.2, 0) is 19.0 Å². The first kappa shape index (κ1) is 20.5. The molecular formula is C16H29NO8. The number of hydrogen-bond acceptors (Lipinski definition) is 8. The van der Waals surface area contributed by atoms with Crippen molar-refractivity contribution in [1.29, 1.82) is 0 Å². The molecule has 2 aliphatic rings. The van der Waals surface area contributed by atoms with E-state index in [1.807, 2.05) is 0 Å². The zero-order valence-corrected chi connectivity index (χ0v) is 14.4. The van der Waals surface area contributed by atoms with Crippen molar-refractivity contribution < 1.29 is 39.4 Å². The standard InChI is InChI=1S/C16H29NO8/c1-9-13(20)14(21)15(22)16(24-9)25-11-8-17-7-10(11)23-6-4-2-3-5-12(18)19/h9-11,13-17,20-22H,2-8H2,1H3,(H,18,19)/t9-,10?,11?,13+,14-,15-,16-/m0/s1. The second kappa shape index (κ2) is 9.77. The first-order valence-electron chi connectivity index (χ1n) is 8.79. The summed E-state index contributed by atoms with van der Waals surface area (Å²) in [6.07, 6.45) is -3.70. The van der Waals surface area contributed by atoms with Crippen LogP contribution in [0.25, 0.3) is 0 Å². The Kier molecular flexibility index (Phi) is 8.01. The van der Waals surface area contributed by atoms with Crippen LogP contribution < -0.4 is 5.32 Å². The summed E-state index contributed by atoms with van der Waals surface area (Å²) in [7, 11) is 0. The highest BCUT2D eigenvalue weighted by Crippen LogP contribution is 2.24. The number of aliphatic hydroxyl groups is 3. The number of rotatable bonds is 9. The van der Waals surface area contributed by atoms with E-state index in [1.165, 1.54) is 0 Å². The molecule has 0 aromatic carbocycles. The summed E-state index contributed by atoms with van der Waals surface area (Å²) in [5, 5.41) is 41.3. The van der Waals surface area contributed by atoms with Crippen molar-refractivity contribution in [2.24, 2.45) is 0 Å². The van der Waals surface area contributed by atoms with E-state index in [1.54, 1.807) is 6.92 Å². The van der Waals surface area contributed by atoms with Gasteiger partial charge in [0, 0.05) is 26.1 Å². The summed E-state index contributed by atoms with van der Waals surface area (Å²) >= 11 is 0. The van der Waals surface area contributed by atoms with E-state index in [4.69, 9.17) is 19.3 Å². The van der Waals surface area contributed by atoms with Gasteiger partial charge < -0.3 is 40.0 Å². The van der Waals surface area contributed by atoms with Gasteiger partial charge in [-0.3, -0.25) is 4.79 Å². The highest BCUT2D eigenvalue weighted by molar-refractivity contribution is 5.66. The van der Waals surface area contributed by atoms with E-state index >= 15 is 0 Å². The van der Waals surface area contributed by atoms with Crippen LogP contribution in [0.15, 0.2) is 0 Å². The minimum Gasteiger partial charge on any atom is -0.481 e. The van der Waals surface area contributed by atoms with Gasteiger partial charge in [-0.05, 0) is 19.8 Å². The maximum atomic E-state index is 10.4. The SMILES string of the molecule is C[C@@H]1O[C@@H](OC2CNCC2OCCCCCC(=O)O)[C@@H](O)[C@@H](O)[C@@H]1O. The molecular weight excluding hydrogens is 334 g/mol. The van der Waals surface area contributed by atoms with E-state index in [0.29, 0.717) is 26.1 Å². The Balaban J connectivity index is 1.72. The number of ether oxygens (including phenoxy) is 3. The summed E-state index contributed by atoms with van der Waals surface area (Å²) in [4.78, 5) is 10.4. The van der Waals surface area contributed by atoms with Gasteiger partial charge in [0.05, 0.1) is 12.2 Å². The quantitative estimate of drug-likeness (QED) is 0.321. The van der Waals surface area contributed by atoms with Crippen molar-refractivity contribution in [2.45, 2.75) is 75.5 Å². The highest BCUT2D eigenvalue weighted by Gasteiger charge is 2.44. The largest absolute Gasteiger partial charge is 0.481 e. The average molecular weight is 363 g/mol. The predicted molar refractivity (Wildman–Crippen MR) is 85.9 cm³/mol. The van der Waals surface area contributed by atoms with Gasteiger partial charge in [-0.15, -0.1) is 0 Å². The smallest absolute Gasteiger partial charge is 0.303 e. The number of carboxylic acids is 1. The molecule has 2 saturated heterocycles. The zero-order valence-electron chi connectivity index (χ0n) is 14.4. The second-order valence-corrected chi connectivity index (χ2v) is 6.63. The average Bonchev–Trinajstić information content (AvgIpc) is 3.00. The molecule has 2 aliphatic heterocycles. The third-order valence-corrected chi connectivity index (χ3v) is 4.59. The van der Waals surface area contributed by atoms with Crippen molar-refractivity contribution in [1.82, 2.24) is 5.32 Å².